The molecule has 118 valence electrons. The Morgan fingerprint density at radius 2 is 1.86 bits per heavy atom. The van der Waals surface area contributed by atoms with Gasteiger partial charge in [-0.3, -0.25) is 4.79 Å². The summed E-state index contributed by atoms with van der Waals surface area (Å²) in [6.45, 7) is 1.39. The van der Waals surface area contributed by atoms with Crippen LogP contribution in [0.4, 0.5) is 13.2 Å². The van der Waals surface area contributed by atoms with Gasteiger partial charge in [0.25, 0.3) is 0 Å². The first kappa shape index (κ1) is 16.2. The molecule has 0 N–H and O–H groups in total. The van der Waals surface area contributed by atoms with Gasteiger partial charge in [0.05, 0.1) is 22.2 Å². The van der Waals surface area contributed by atoms with Crippen LogP contribution in [0.1, 0.15) is 27.2 Å². The average molecular weight is 333 g/mol. The van der Waals surface area contributed by atoms with Crippen molar-refractivity contribution in [3.63, 3.8) is 0 Å². The van der Waals surface area contributed by atoms with Gasteiger partial charge in [0.15, 0.2) is 15.6 Å². The number of nitrogens with zero attached hydrogens (tertiary/aromatic N) is 1. The highest BCUT2D eigenvalue weighted by Gasteiger charge is 2.37. The van der Waals surface area contributed by atoms with Crippen LogP contribution >= 0.6 is 0 Å². The number of sulfone groups is 1. The van der Waals surface area contributed by atoms with E-state index in [2.05, 4.69) is 9.68 Å². The Kier molecular flexibility index (Phi) is 3.86. The van der Waals surface area contributed by atoms with Gasteiger partial charge in [-0.05, 0) is 25.1 Å². The van der Waals surface area contributed by atoms with E-state index in [1.807, 2.05) is 0 Å². The van der Waals surface area contributed by atoms with Gasteiger partial charge in [0, 0.05) is 11.8 Å². The van der Waals surface area contributed by atoms with E-state index in [9.17, 15) is 26.4 Å². The molecule has 0 amide bonds. The average Bonchev–Trinajstić information content (AvgIpc) is 2.81. The normalized spacial score (nSPS) is 12.4. The lowest BCUT2D eigenvalue weighted by atomic mass is 9.99. The summed E-state index contributed by atoms with van der Waals surface area (Å²) < 4.78 is 66.9. The fourth-order valence-electron chi connectivity index (χ4n) is 1.85. The monoisotopic (exact) mass is 333 g/mol. The summed E-state index contributed by atoms with van der Waals surface area (Å²) in [6.07, 6.45) is -3.08. The highest BCUT2D eigenvalue weighted by Crippen LogP contribution is 2.34. The number of ketones is 1. The standard InChI is InChI=1S/C13H10F3NO4S/c1-7-10(6-17-21-7)12(18)9-4-3-8(22(2,19)20)5-11(9)13(14,15)16/h3-6H,1-2H3. The Hall–Kier alpha value is -2.16. The van der Waals surface area contributed by atoms with Crippen LogP contribution in [-0.4, -0.2) is 25.6 Å². The molecule has 0 bridgehead atoms. The van der Waals surface area contributed by atoms with Gasteiger partial charge >= 0.3 is 6.18 Å². The van der Waals surface area contributed by atoms with Crippen molar-refractivity contribution in [2.24, 2.45) is 0 Å². The van der Waals surface area contributed by atoms with Crippen LogP contribution in [0, 0.1) is 6.92 Å². The van der Waals surface area contributed by atoms with Crippen LogP contribution < -0.4 is 0 Å². The predicted molar refractivity (Wildman–Crippen MR) is 69.2 cm³/mol. The van der Waals surface area contributed by atoms with Gasteiger partial charge in [-0.25, -0.2) is 8.42 Å². The topological polar surface area (TPSA) is 77.2 Å². The third kappa shape index (κ3) is 3.03. The molecule has 2 rings (SSSR count). The van der Waals surface area contributed by atoms with Crippen LogP contribution in [0.5, 0.6) is 0 Å². The van der Waals surface area contributed by atoms with Crippen molar-refractivity contribution in [2.75, 3.05) is 6.26 Å². The molecule has 1 heterocycles. The number of hydrogen-bond acceptors (Lipinski definition) is 5. The maximum atomic E-state index is 13.1. The van der Waals surface area contributed by atoms with E-state index in [0.29, 0.717) is 6.07 Å². The maximum absolute atomic E-state index is 13.1. The van der Waals surface area contributed by atoms with Crippen LogP contribution in [0.2, 0.25) is 0 Å². The number of carbonyl (C=O) groups excluding carboxylic acids is 1. The molecule has 0 atom stereocenters. The van der Waals surface area contributed by atoms with Crippen LogP contribution in [0.25, 0.3) is 0 Å². The second-order valence-electron chi connectivity index (χ2n) is 4.60. The number of hydrogen-bond donors (Lipinski definition) is 0. The lowest BCUT2D eigenvalue weighted by molar-refractivity contribution is -0.138. The molecule has 0 unspecified atom stereocenters. The summed E-state index contributed by atoms with van der Waals surface area (Å²) >= 11 is 0. The van der Waals surface area contributed by atoms with E-state index in [1.54, 1.807) is 0 Å². The van der Waals surface area contributed by atoms with Crippen LogP contribution in [0.15, 0.2) is 33.8 Å². The van der Waals surface area contributed by atoms with Crippen LogP contribution in [-0.2, 0) is 16.0 Å². The summed E-state index contributed by atoms with van der Waals surface area (Å²) in [5.41, 5.74) is -2.09. The summed E-state index contributed by atoms with van der Waals surface area (Å²) in [4.78, 5) is 11.7. The van der Waals surface area contributed by atoms with Crippen molar-refractivity contribution in [2.45, 2.75) is 18.0 Å². The molecule has 0 saturated heterocycles. The van der Waals surface area contributed by atoms with Crippen LogP contribution in [0.3, 0.4) is 0 Å². The molecule has 0 radical (unpaired) electrons. The van der Waals surface area contributed by atoms with Crippen molar-refractivity contribution in [3.05, 3.63) is 46.8 Å². The third-order valence-corrected chi connectivity index (χ3v) is 4.07. The zero-order valence-corrected chi connectivity index (χ0v) is 12.2. The van der Waals surface area contributed by atoms with E-state index in [4.69, 9.17) is 0 Å². The number of alkyl halides is 3. The summed E-state index contributed by atoms with van der Waals surface area (Å²) in [5, 5.41) is 3.34. The van der Waals surface area contributed by atoms with E-state index < -0.39 is 37.8 Å². The highest BCUT2D eigenvalue weighted by molar-refractivity contribution is 7.90. The molecule has 1 aromatic heterocycles. The molecule has 0 aliphatic heterocycles. The van der Waals surface area contributed by atoms with Gasteiger partial charge in [0.2, 0.25) is 0 Å². The van der Waals surface area contributed by atoms with E-state index >= 15 is 0 Å². The number of aryl methyl sites for hydroxylation is 1. The van der Waals surface area contributed by atoms with E-state index in [0.717, 1.165) is 24.6 Å². The molecular formula is C13H10F3NO4S. The van der Waals surface area contributed by atoms with Crippen molar-refractivity contribution in [1.82, 2.24) is 5.16 Å². The van der Waals surface area contributed by atoms with Gasteiger partial charge in [0.1, 0.15) is 5.76 Å². The minimum absolute atomic E-state index is 0.0744. The molecule has 0 fully saturated rings. The van der Waals surface area contributed by atoms with E-state index in [-0.39, 0.29) is 11.3 Å². The smallest absolute Gasteiger partial charge is 0.361 e. The van der Waals surface area contributed by atoms with Gasteiger partial charge in [-0.1, -0.05) is 5.16 Å². The quantitative estimate of drug-likeness (QED) is 0.807. The lowest BCUT2D eigenvalue weighted by Gasteiger charge is -2.13. The number of rotatable bonds is 3. The zero-order valence-electron chi connectivity index (χ0n) is 11.4. The molecule has 1 aromatic carbocycles. The Bertz CT molecular complexity index is 837. The highest BCUT2D eigenvalue weighted by atomic mass is 32.2. The molecule has 0 aliphatic rings. The van der Waals surface area contributed by atoms with Gasteiger partial charge in [-0.15, -0.1) is 0 Å². The fraction of sp³-hybridized carbons (Fsp3) is 0.231. The van der Waals surface area contributed by atoms with Gasteiger partial charge < -0.3 is 4.52 Å². The molecule has 0 aliphatic carbocycles. The molecule has 9 heteroatoms. The Morgan fingerprint density at radius 1 is 1.23 bits per heavy atom. The zero-order chi connectivity index (χ0) is 16.7. The summed E-state index contributed by atoms with van der Waals surface area (Å²) in [6, 6.07) is 2.25. The summed E-state index contributed by atoms with van der Waals surface area (Å²) in [7, 11) is -3.83. The first-order valence-corrected chi connectivity index (χ1v) is 7.78. The Labute approximate surface area is 123 Å². The molecule has 0 saturated carbocycles. The first-order valence-electron chi connectivity index (χ1n) is 5.89. The predicted octanol–water partition coefficient (Wildman–Crippen LogP) is 2.64. The number of carbonyl (C=O) groups is 1. The molecule has 22 heavy (non-hydrogen) atoms. The Morgan fingerprint density at radius 3 is 2.32 bits per heavy atom. The van der Waals surface area contributed by atoms with Crippen molar-refractivity contribution in [1.29, 1.82) is 0 Å². The molecular weight excluding hydrogens is 323 g/mol. The number of aromatic nitrogens is 1. The van der Waals surface area contributed by atoms with Crippen molar-refractivity contribution >= 4 is 15.6 Å². The second-order valence-corrected chi connectivity index (χ2v) is 6.62. The Balaban J connectivity index is 2.67. The lowest BCUT2D eigenvalue weighted by Crippen LogP contribution is -2.15. The molecule has 2 aromatic rings. The molecule has 5 nitrogen and oxygen atoms in total. The number of halogens is 3. The van der Waals surface area contributed by atoms with E-state index in [1.165, 1.54) is 6.92 Å². The molecule has 0 spiro atoms. The SMILES string of the molecule is Cc1oncc1C(=O)c1ccc(S(C)(=O)=O)cc1C(F)(F)F. The summed E-state index contributed by atoms with van der Waals surface area (Å²) in [5.74, 6) is -0.864. The third-order valence-electron chi connectivity index (χ3n) is 2.96. The number of benzene rings is 1. The fourth-order valence-corrected chi connectivity index (χ4v) is 2.50. The minimum Gasteiger partial charge on any atom is -0.361 e. The largest absolute Gasteiger partial charge is 0.417 e. The van der Waals surface area contributed by atoms with Crippen molar-refractivity contribution < 1.29 is 30.9 Å². The second kappa shape index (κ2) is 5.24. The first-order chi connectivity index (χ1) is 10.0. The van der Waals surface area contributed by atoms with Crippen molar-refractivity contribution in [3.8, 4) is 0 Å². The maximum Gasteiger partial charge on any atom is 0.417 e. The van der Waals surface area contributed by atoms with Gasteiger partial charge in [-0.2, -0.15) is 13.2 Å². The minimum atomic E-state index is -4.88.